The van der Waals surface area contributed by atoms with Crippen LogP contribution in [0.25, 0.3) is 0 Å². The molecule has 140 valence electrons. The van der Waals surface area contributed by atoms with Gasteiger partial charge in [-0.3, -0.25) is 9.29 Å². The molecule has 7 heteroatoms. The molecule has 0 fully saturated rings. The molecule has 0 spiro atoms. The number of ether oxygens (including phenoxy) is 1. The molecular weight excluding hydrogens is 367 g/mol. The molecule has 0 radical (unpaired) electrons. The first-order valence-corrected chi connectivity index (χ1v) is 10.0. The van der Waals surface area contributed by atoms with E-state index in [0.717, 1.165) is 5.56 Å². The highest BCUT2D eigenvalue weighted by Crippen LogP contribution is 2.29. The summed E-state index contributed by atoms with van der Waals surface area (Å²) in [5, 5.41) is 0. The number of para-hydroxylation sites is 1. The fourth-order valence-corrected chi connectivity index (χ4v) is 3.61. The molecule has 0 atom stereocenters. The average Bonchev–Trinajstić information content (AvgIpc) is 2.69. The number of rotatable bonds is 7. The second kappa shape index (κ2) is 8.18. The molecule has 0 amide bonds. The highest BCUT2D eigenvalue weighted by atomic mass is 32.2. The van der Waals surface area contributed by atoms with Gasteiger partial charge in [0.1, 0.15) is 5.75 Å². The minimum absolute atomic E-state index is 0.0499. The summed E-state index contributed by atoms with van der Waals surface area (Å²) in [5.41, 5.74) is 1.20. The van der Waals surface area contributed by atoms with E-state index in [2.05, 4.69) is 4.98 Å². The lowest BCUT2D eigenvalue weighted by Gasteiger charge is -2.24. The van der Waals surface area contributed by atoms with E-state index in [1.165, 1.54) is 16.4 Å². The van der Waals surface area contributed by atoms with Crippen LogP contribution in [0.5, 0.6) is 11.5 Å². The molecule has 0 aliphatic carbocycles. The van der Waals surface area contributed by atoms with E-state index < -0.39 is 15.8 Å². The zero-order valence-corrected chi connectivity index (χ0v) is 15.6. The molecule has 0 saturated carbocycles. The SMILES string of the molecule is CCS(=O)(=O)N(Cc1cccnc1)c1cccc(Oc2ccccc2F)c1. The van der Waals surface area contributed by atoms with Crippen molar-refractivity contribution in [1.82, 2.24) is 4.98 Å². The van der Waals surface area contributed by atoms with E-state index in [1.54, 1.807) is 61.8 Å². The molecule has 5 nitrogen and oxygen atoms in total. The number of nitrogens with zero attached hydrogens (tertiary/aromatic N) is 2. The molecule has 2 aromatic carbocycles. The van der Waals surface area contributed by atoms with Gasteiger partial charge in [-0.25, -0.2) is 12.8 Å². The molecular formula is C20H19FN2O3S. The van der Waals surface area contributed by atoms with Crippen molar-refractivity contribution >= 4 is 15.7 Å². The summed E-state index contributed by atoms with van der Waals surface area (Å²) in [4.78, 5) is 4.03. The van der Waals surface area contributed by atoms with Gasteiger partial charge in [0.2, 0.25) is 10.0 Å². The lowest BCUT2D eigenvalue weighted by atomic mass is 10.2. The third-order valence-corrected chi connectivity index (χ3v) is 5.66. The van der Waals surface area contributed by atoms with Crippen LogP contribution in [0.15, 0.2) is 73.1 Å². The van der Waals surface area contributed by atoms with Crippen LogP contribution in [0.4, 0.5) is 10.1 Å². The molecule has 0 bridgehead atoms. The van der Waals surface area contributed by atoms with Gasteiger partial charge in [0, 0.05) is 18.5 Å². The van der Waals surface area contributed by atoms with Crippen molar-refractivity contribution in [2.75, 3.05) is 10.1 Å². The summed E-state index contributed by atoms with van der Waals surface area (Å²) in [5.74, 6) is -0.116. The summed E-state index contributed by atoms with van der Waals surface area (Å²) in [7, 11) is -3.53. The van der Waals surface area contributed by atoms with Gasteiger partial charge in [-0.2, -0.15) is 0 Å². The fraction of sp³-hybridized carbons (Fsp3) is 0.150. The summed E-state index contributed by atoms with van der Waals surface area (Å²) in [6, 6.07) is 16.2. The number of anilines is 1. The first-order chi connectivity index (χ1) is 13.0. The molecule has 0 aliphatic rings. The molecule has 0 unspecified atom stereocenters. The number of pyridine rings is 1. The lowest BCUT2D eigenvalue weighted by molar-refractivity contribution is 0.442. The van der Waals surface area contributed by atoms with E-state index in [1.807, 2.05) is 6.07 Å². The normalized spacial score (nSPS) is 11.2. The lowest BCUT2D eigenvalue weighted by Crippen LogP contribution is -2.31. The maximum absolute atomic E-state index is 13.8. The molecule has 1 aromatic heterocycles. The molecule has 0 aliphatic heterocycles. The van der Waals surface area contributed by atoms with E-state index in [9.17, 15) is 12.8 Å². The van der Waals surface area contributed by atoms with Crippen LogP contribution in [0.2, 0.25) is 0 Å². The van der Waals surface area contributed by atoms with Crippen LogP contribution in [-0.2, 0) is 16.6 Å². The smallest absolute Gasteiger partial charge is 0.235 e. The van der Waals surface area contributed by atoms with Gasteiger partial charge < -0.3 is 4.74 Å². The third kappa shape index (κ3) is 4.62. The van der Waals surface area contributed by atoms with Crippen LogP contribution in [0.1, 0.15) is 12.5 Å². The fourth-order valence-electron chi connectivity index (χ4n) is 2.52. The number of sulfonamides is 1. The van der Waals surface area contributed by atoms with E-state index >= 15 is 0 Å². The Labute approximate surface area is 158 Å². The Kier molecular flexibility index (Phi) is 5.71. The highest BCUT2D eigenvalue weighted by molar-refractivity contribution is 7.92. The molecule has 0 N–H and O–H groups in total. The minimum atomic E-state index is -3.53. The maximum atomic E-state index is 13.8. The van der Waals surface area contributed by atoms with Crippen LogP contribution in [-0.4, -0.2) is 19.2 Å². The Bertz CT molecular complexity index is 1010. The van der Waals surface area contributed by atoms with Crippen molar-refractivity contribution in [3.05, 3.63) is 84.4 Å². The van der Waals surface area contributed by atoms with Crippen molar-refractivity contribution in [3.8, 4) is 11.5 Å². The maximum Gasteiger partial charge on any atom is 0.235 e. The number of aromatic nitrogens is 1. The van der Waals surface area contributed by atoms with Crippen molar-refractivity contribution in [2.45, 2.75) is 13.5 Å². The van der Waals surface area contributed by atoms with Gasteiger partial charge in [-0.1, -0.05) is 24.3 Å². The largest absolute Gasteiger partial charge is 0.454 e. The predicted molar refractivity (Wildman–Crippen MR) is 103 cm³/mol. The summed E-state index contributed by atoms with van der Waals surface area (Å²) >= 11 is 0. The van der Waals surface area contributed by atoms with Crippen LogP contribution in [0, 0.1) is 5.82 Å². The monoisotopic (exact) mass is 386 g/mol. The first-order valence-electron chi connectivity index (χ1n) is 8.41. The molecule has 3 aromatic rings. The minimum Gasteiger partial charge on any atom is -0.454 e. The number of benzene rings is 2. The number of halogens is 1. The van der Waals surface area contributed by atoms with Crippen molar-refractivity contribution < 1.29 is 17.5 Å². The van der Waals surface area contributed by atoms with Gasteiger partial charge in [0.05, 0.1) is 18.0 Å². The Morgan fingerprint density at radius 3 is 2.59 bits per heavy atom. The Morgan fingerprint density at radius 1 is 1.07 bits per heavy atom. The van der Waals surface area contributed by atoms with Crippen molar-refractivity contribution in [2.24, 2.45) is 0 Å². The first kappa shape index (κ1) is 18.8. The van der Waals surface area contributed by atoms with E-state index in [0.29, 0.717) is 11.4 Å². The van der Waals surface area contributed by atoms with Gasteiger partial charge >= 0.3 is 0 Å². The van der Waals surface area contributed by atoms with Gasteiger partial charge in [0.15, 0.2) is 11.6 Å². The quantitative estimate of drug-likeness (QED) is 0.605. The van der Waals surface area contributed by atoms with Crippen LogP contribution < -0.4 is 9.04 Å². The molecule has 27 heavy (non-hydrogen) atoms. The standard InChI is InChI=1S/C20H19FN2O3S/c1-2-27(24,25)23(15-16-7-6-12-22-14-16)17-8-5-9-18(13-17)26-20-11-4-3-10-19(20)21/h3-14H,2,15H2,1H3. The second-order valence-electron chi connectivity index (χ2n) is 5.80. The summed E-state index contributed by atoms with van der Waals surface area (Å²) in [6.45, 7) is 1.73. The second-order valence-corrected chi connectivity index (χ2v) is 7.98. The van der Waals surface area contributed by atoms with E-state index in [4.69, 9.17) is 4.74 Å². The van der Waals surface area contributed by atoms with E-state index in [-0.39, 0.29) is 18.0 Å². The average molecular weight is 386 g/mol. The van der Waals surface area contributed by atoms with Crippen molar-refractivity contribution in [3.63, 3.8) is 0 Å². The zero-order chi connectivity index (χ0) is 19.3. The van der Waals surface area contributed by atoms with Crippen molar-refractivity contribution in [1.29, 1.82) is 0 Å². The van der Waals surface area contributed by atoms with Gasteiger partial charge in [-0.15, -0.1) is 0 Å². The van der Waals surface area contributed by atoms with Crippen LogP contribution >= 0.6 is 0 Å². The predicted octanol–water partition coefficient (Wildman–Crippen LogP) is 4.37. The Balaban J connectivity index is 1.94. The third-order valence-electron chi connectivity index (χ3n) is 3.92. The Morgan fingerprint density at radius 2 is 1.89 bits per heavy atom. The summed E-state index contributed by atoms with van der Waals surface area (Å²) < 4.78 is 46.0. The van der Waals surface area contributed by atoms with Gasteiger partial charge in [-0.05, 0) is 42.8 Å². The van der Waals surface area contributed by atoms with Crippen LogP contribution in [0.3, 0.4) is 0 Å². The molecule has 0 saturated heterocycles. The highest BCUT2D eigenvalue weighted by Gasteiger charge is 2.21. The number of hydrogen-bond acceptors (Lipinski definition) is 4. The zero-order valence-electron chi connectivity index (χ0n) is 14.7. The van der Waals surface area contributed by atoms with Gasteiger partial charge in [0.25, 0.3) is 0 Å². The number of hydrogen-bond donors (Lipinski definition) is 0. The topological polar surface area (TPSA) is 59.5 Å². The molecule has 3 rings (SSSR count). The summed E-state index contributed by atoms with van der Waals surface area (Å²) in [6.07, 6.45) is 3.25. The Hall–Kier alpha value is -2.93. The molecule has 1 heterocycles.